The first-order chi connectivity index (χ1) is 9.62. The molecule has 1 aliphatic rings. The summed E-state index contributed by atoms with van der Waals surface area (Å²) in [6, 6.07) is 11.1. The van der Waals surface area contributed by atoms with E-state index in [2.05, 4.69) is 9.82 Å². The minimum absolute atomic E-state index is 0.0314. The minimum Gasteiger partial charge on any atom is -0.269 e. The highest BCUT2D eigenvalue weighted by Gasteiger charge is 2.23. The summed E-state index contributed by atoms with van der Waals surface area (Å²) in [5.74, 6) is 0.0314. The normalized spacial score (nSPS) is 18.7. The number of hydrogen-bond acceptors (Lipinski definition) is 3. The highest BCUT2D eigenvalue weighted by molar-refractivity contribution is 7.88. The van der Waals surface area contributed by atoms with Crippen LogP contribution in [0.3, 0.4) is 0 Å². The van der Waals surface area contributed by atoms with E-state index in [9.17, 15) is 8.42 Å². The van der Waals surface area contributed by atoms with Gasteiger partial charge in [0, 0.05) is 30.9 Å². The molecule has 0 saturated heterocycles. The first-order valence-corrected chi connectivity index (χ1v) is 8.32. The number of fused-ring (bicyclic) bond motifs is 1. The van der Waals surface area contributed by atoms with Crippen LogP contribution in [0.2, 0.25) is 0 Å². The zero-order valence-corrected chi connectivity index (χ0v) is 11.9. The maximum atomic E-state index is 12.2. The van der Waals surface area contributed by atoms with Gasteiger partial charge in [0.1, 0.15) is 0 Å². The molecule has 106 valence electrons. The molecular formula is C14H17N3O2S. The van der Waals surface area contributed by atoms with Gasteiger partial charge in [-0.15, -0.1) is 0 Å². The Morgan fingerprint density at radius 3 is 2.85 bits per heavy atom. The lowest BCUT2D eigenvalue weighted by molar-refractivity contribution is 0.414. The van der Waals surface area contributed by atoms with Crippen LogP contribution in [0.4, 0.5) is 0 Å². The number of aromatic nitrogens is 2. The van der Waals surface area contributed by atoms with E-state index in [1.54, 1.807) is 6.20 Å². The van der Waals surface area contributed by atoms with Crippen LogP contribution in [0.15, 0.2) is 42.6 Å². The van der Waals surface area contributed by atoms with Crippen LogP contribution < -0.4 is 4.72 Å². The standard InChI is InChI=1S/C14H17N3O2S/c18-20(19,11-12-4-2-1-3-5-12)16-13-7-9-17-14(10-13)6-8-15-17/h1-6,8,13,16H,7,9-11H2/t13-/m0/s1. The number of nitrogens with one attached hydrogen (secondary N) is 1. The van der Waals surface area contributed by atoms with Crippen molar-refractivity contribution in [2.24, 2.45) is 0 Å². The minimum atomic E-state index is -3.30. The third kappa shape index (κ3) is 3.08. The molecule has 0 saturated carbocycles. The van der Waals surface area contributed by atoms with Gasteiger partial charge >= 0.3 is 0 Å². The third-order valence-corrected chi connectivity index (χ3v) is 4.90. The van der Waals surface area contributed by atoms with Crippen molar-refractivity contribution in [2.45, 2.75) is 31.2 Å². The molecule has 1 aromatic heterocycles. The quantitative estimate of drug-likeness (QED) is 0.924. The van der Waals surface area contributed by atoms with E-state index in [0.29, 0.717) is 6.42 Å². The van der Waals surface area contributed by atoms with Crippen molar-refractivity contribution in [1.82, 2.24) is 14.5 Å². The Hall–Kier alpha value is -1.66. The molecule has 1 aliphatic heterocycles. The lowest BCUT2D eigenvalue weighted by Gasteiger charge is -2.24. The zero-order chi connectivity index (χ0) is 14.0. The van der Waals surface area contributed by atoms with Crippen LogP contribution >= 0.6 is 0 Å². The van der Waals surface area contributed by atoms with Crippen molar-refractivity contribution in [3.63, 3.8) is 0 Å². The van der Waals surface area contributed by atoms with Crippen LogP contribution in [0.25, 0.3) is 0 Å². The van der Waals surface area contributed by atoms with Crippen LogP contribution in [0.1, 0.15) is 17.7 Å². The zero-order valence-electron chi connectivity index (χ0n) is 11.1. The van der Waals surface area contributed by atoms with Gasteiger partial charge < -0.3 is 0 Å². The number of aryl methyl sites for hydroxylation is 1. The first kappa shape index (κ1) is 13.3. The van der Waals surface area contributed by atoms with E-state index < -0.39 is 10.0 Å². The fourth-order valence-electron chi connectivity index (χ4n) is 2.56. The number of benzene rings is 1. The molecule has 1 N–H and O–H groups in total. The molecule has 0 radical (unpaired) electrons. The Labute approximate surface area is 118 Å². The molecule has 6 heteroatoms. The Morgan fingerprint density at radius 2 is 2.05 bits per heavy atom. The second kappa shape index (κ2) is 5.38. The van der Waals surface area contributed by atoms with Crippen LogP contribution in [0.5, 0.6) is 0 Å². The predicted octanol–water partition coefficient (Wildman–Crippen LogP) is 1.32. The van der Waals surface area contributed by atoms with Gasteiger partial charge in [-0.3, -0.25) is 4.68 Å². The molecule has 0 amide bonds. The number of nitrogens with zero attached hydrogens (tertiary/aromatic N) is 2. The highest BCUT2D eigenvalue weighted by atomic mass is 32.2. The molecule has 20 heavy (non-hydrogen) atoms. The molecule has 1 aromatic carbocycles. The Balaban J connectivity index is 1.66. The maximum absolute atomic E-state index is 12.2. The van der Waals surface area contributed by atoms with Gasteiger partial charge in [0.15, 0.2) is 0 Å². The molecule has 0 aliphatic carbocycles. The van der Waals surface area contributed by atoms with Gasteiger partial charge in [-0.25, -0.2) is 13.1 Å². The molecule has 5 nitrogen and oxygen atoms in total. The highest BCUT2D eigenvalue weighted by Crippen LogP contribution is 2.15. The summed E-state index contributed by atoms with van der Waals surface area (Å²) >= 11 is 0. The molecular weight excluding hydrogens is 274 g/mol. The molecule has 2 heterocycles. The monoisotopic (exact) mass is 291 g/mol. The van der Waals surface area contributed by atoms with E-state index in [-0.39, 0.29) is 11.8 Å². The van der Waals surface area contributed by atoms with Crippen molar-refractivity contribution in [2.75, 3.05) is 0 Å². The lowest BCUT2D eigenvalue weighted by atomic mass is 10.1. The van der Waals surface area contributed by atoms with Gasteiger partial charge in [-0.05, 0) is 18.1 Å². The smallest absolute Gasteiger partial charge is 0.216 e. The van der Waals surface area contributed by atoms with Gasteiger partial charge in [-0.2, -0.15) is 5.10 Å². The van der Waals surface area contributed by atoms with Crippen molar-refractivity contribution < 1.29 is 8.42 Å². The van der Waals surface area contributed by atoms with E-state index in [0.717, 1.165) is 24.2 Å². The fraction of sp³-hybridized carbons (Fsp3) is 0.357. The van der Waals surface area contributed by atoms with Gasteiger partial charge in [0.25, 0.3) is 0 Å². The summed E-state index contributed by atoms with van der Waals surface area (Å²) in [6.07, 6.45) is 3.24. The SMILES string of the molecule is O=S(=O)(Cc1ccccc1)N[C@H]1CCn2nccc2C1. The van der Waals surface area contributed by atoms with Crippen LogP contribution in [-0.2, 0) is 28.7 Å². The van der Waals surface area contributed by atoms with Gasteiger partial charge in [-0.1, -0.05) is 30.3 Å². The Morgan fingerprint density at radius 1 is 1.25 bits per heavy atom. The summed E-state index contributed by atoms with van der Waals surface area (Å²) < 4.78 is 29.1. The maximum Gasteiger partial charge on any atom is 0.216 e. The molecule has 0 unspecified atom stereocenters. The average molecular weight is 291 g/mol. The number of rotatable bonds is 4. The predicted molar refractivity (Wildman–Crippen MR) is 76.5 cm³/mol. The summed E-state index contributed by atoms with van der Waals surface area (Å²) in [7, 11) is -3.30. The summed E-state index contributed by atoms with van der Waals surface area (Å²) in [4.78, 5) is 0. The largest absolute Gasteiger partial charge is 0.269 e. The summed E-state index contributed by atoms with van der Waals surface area (Å²) in [5.41, 5.74) is 1.89. The van der Waals surface area contributed by atoms with E-state index in [4.69, 9.17) is 0 Å². The molecule has 0 bridgehead atoms. The summed E-state index contributed by atoms with van der Waals surface area (Å²) in [6.45, 7) is 0.765. The van der Waals surface area contributed by atoms with E-state index in [1.807, 2.05) is 41.1 Å². The second-order valence-corrected chi connectivity index (χ2v) is 6.85. The topological polar surface area (TPSA) is 64.0 Å². The van der Waals surface area contributed by atoms with Crippen molar-refractivity contribution in [3.8, 4) is 0 Å². The van der Waals surface area contributed by atoms with E-state index >= 15 is 0 Å². The third-order valence-electron chi connectivity index (χ3n) is 3.50. The first-order valence-electron chi connectivity index (χ1n) is 6.67. The van der Waals surface area contributed by atoms with Gasteiger partial charge in [0.05, 0.1) is 5.75 Å². The molecule has 3 rings (SSSR count). The van der Waals surface area contributed by atoms with Crippen LogP contribution in [0, 0.1) is 0 Å². The van der Waals surface area contributed by atoms with Crippen molar-refractivity contribution in [3.05, 3.63) is 53.9 Å². The van der Waals surface area contributed by atoms with Crippen molar-refractivity contribution >= 4 is 10.0 Å². The summed E-state index contributed by atoms with van der Waals surface area (Å²) in [5, 5.41) is 4.19. The molecule has 1 atom stereocenters. The van der Waals surface area contributed by atoms with E-state index in [1.165, 1.54) is 0 Å². The number of hydrogen-bond donors (Lipinski definition) is 1. The fourth-order valence-corrected chi connectivity index (χ4v) is 3.98. The Kier molecular flexibility index (Phi) is 3.58. The lowest BCUT2D eigenvalue weighted by Crippen LogP contribution is -2.40. The number of sulfonamides is 1. The second-order valence-electron chi connectivity index (χ2n) is 5.10. The average Bonchev–Trinajstić information content (AvgIpc) is 2.86. The van der Waals surface area contributed by atoms with Crippen molar-refractivity contribution in [1.29, 1.82) is 0 Å². The molecule has 0 spiro atoms. The Bertz CT molecular complexity index is 679. The van der Waals surface area contributed by atoms with Crippen LogP contribution in [-0.4, -0.2) is 24.2 Å². The molecule has 0 fully saturated rings. The molecule has 2 aromatic rings. The van der Waals surface area contributed by atoms with Gasteiger partial charge in [0.2, 0.25) is 10.0 Å².